The molecule has 1 aliphatic heterocycles. The highest BCUT2D eigenvalue weighted by Gasteiger charge is 2.22. The zero-order chi connectivity index (χ0) is 29.1. The zero-order valence-corrected chi connectivity index (χ0v) is 24.2. The molecule has 2 atom stereocenters. The Labute approximate surface area is 235 Å². The molecule has 0 bridgehead atoms. The molecule has 2 N–H and O–H groups in total. The molecule has 0 aliphatic carbocycles. The normalized spacial score (nSPS) is 15.6. The highest BCUT2D eigenvalue weighted by atomic mass is 16.5. The van der Waals surface area contributed by atoms with E-state index in [4.69, 9.17) is 37.9 Å². The summed E-state index contributed by atoms with van der Waals surface area (Å²) in [5.74, 6) is 3.93. The van der Waals surface area contributed by atoms with E-state index < -0.39 is 12.2 Å². The van der Waals surface area contributed by atoms with Gasteiger partial charge in [0.1, 0.15) is 36.9 Å². The molecular weight excluding hydrogens is 524 g/mol. The lowest BCUT2D eigenvalue weighted by molar-refractivity contribution is 0.0239. The second kappa shape index (κ2) is 15.5. The number of hydrogen-bond acceptors (Lipinski definition) is 12. The molecule has 40 heavy (non-hydrogen) atoms. The topological polar surface area (TPSA) is 121 Å². The fourth-order valence-electron chi connectivity index (χ4n) is 4.52. The van der Waals surface area contributed by atoms with Gasteiger partial charge < -0.3 is 48.1 Å². The van der Waals surface area contributed by atoms with Gasteiger partial charge in [-0.2, -0.15) is 0 Å². The van der Waals surface area contributed by atoms with Crippen molar-refractivity contribution in [2.75, 3.05) is 95.1 Å². The Hall–Kier alpha value is -3.32. The molecule has 0 amide bonds. The van der Waals surface area contributed by atoms with Gasteiger partial charge in [0.15, 0.2) is 23.0 Å². The minimum Gasteiger partial charge on any atom is -0.493 e. The van der Waals surface area contributed by atoms with Gasteiger partial charge in [0, 0.05) is 63.5 Å². The second-order valence-corrected chi connectivity index (χ2v) is 9.25. The SMILES string of the molecule is COc1cc(OCC(O)CN2CCN(CC(O)COc3cc(OC)c(OC)c(OC)c3)CC2)cc(OC)c1OC. The van der Waals surface area contributed by atoms with E-state index in [0.29, 0.717) is 59.1 Å². The van der Waals surface area contributed by atoms with Crippen LogP contribution in [-0.2, 0) is 0 Å². The van der Waals surface area contributed by atoms with Crippen molar-refractivity contribution in [2.45, 2.75) is 12.2 Å². The van der Waals surface area contributed by atoms with Crippen LogP contribution in [0.4, 0.5) is 0 Å². The smallest absolute Gasteiger partial charge is 0.203 e. The average Bonchev–Trinajstić information content (AvgIpc) is 2.98. The van der Waals surface area contributed by atoms with Crippen LogP contribution in [0.2, 0.25) is 0 Å². The Morgan fingerprint density at radius 1 is 0.550 bits per heavy atom. The van der Waals surface area contributed by atoms with Crippen LogP contribution in [0, 0.1) is 0 Å². The third-order valence-corrected chi connectivity index (χ3v) is 6.56. The summed E-state index contributed by atoms with van der Waals surface area (Å²) in [6.45, 7) is 4.26. The first-order valence-corrected chi connectivity index (χ1v) is 13.0. The summed E-state index contributed by atoms with van der Waals surface area (Å²) in [7, 11) is 9.23. The van der Waals surface area contributed by atoms with Gasteiger partial charge in [0.2, 0.25) is 11.5 Å². The van der Waals surface area contributed by atoms with Gasteiger partial charge in [0.05, 0.1) is 42.7 Å². The van der Waals surface area contributed by atoms with Crippen molar-refractivity contribution in [1.82, 2.24) is 9.80 Å². The summed E-state index contributed by atoms with van der Waals surface area (Å²) < 4.78 is 43.7. The minimum absolute atomic E-state index is 0.121. The standard InChI is InChI=1S/C28H42N2O10/c1-33-23-11-21(12-24(34-2)27(23)37-5)39-17-19(31)15-29-7-9-30(10-8-29)16-20(32)18-40-22-13-25(35-3)28(38-6)26(14-22)36-4/h11-14,19-20,31-32H,7-10,15-18H2,1-6H3. The average molecular weight is 567 g/mol. The number of hydrogen-bond donors (Lipinski definition) is 2. The molecule has 2 aromatic carbocycles. The van der Waals surface area contributed by atoms with Crippen molar-refractivity contribution < 1.29 is 48.1 Å². The van der Waals surface area contributed by atoms with Gasteiger partial charge in [-0.05, 0) is 0 Å². The summed E-state index contributed by atoms with van der Waals surface area (Å²) in [6, 6.07) is 6.79. The number of aliphatic hydroxyl groups excluding tert-OH is 2. The summed E-state index contributed by atoms with van der Waals surface area (Å²) in [4.78, 5) is 4.36. The van der Waals surface area contributed by atoms with Gasteiger partial charge in [-0.1, -0.05) is 0 Å². The molecule has 12 nitrogen and oxygen atoms in total. The van der Waals surface area contributed by atoms with Crippen LogP contribution < -0.4 is 37.9 Å². The molecule has 1 fully saturated rings. The highest BCUT2D eigenvalue weighted by molar-refractivity contribution is 5.56. The molecule has 0 aromatic heterocycles. The summed E-state index contributed by atoms with van der Waals surface area (Å²) >= 11 is 0. The first kappa shape index (κ1) is 31.2. The zero-order valence-electron chi connectivity index (χ0n) is 24.2. The van der Waals surface area contributed by atoms with Gasteiger partial charge in [-0.3, -0.25) is 9.80 Å². The number of benzene rings is 2. The van der Waals surface area contributed by atoms with Crippen molar-refractivity contribution in [2.24, 2.45) is 0 Å². The summed E-state index contributed by atoms with van der Waals surface area (Å²) in [5.41, 5.74) is 0. The lowest BCUT2D eigenvalue weighted by atomic mass is 10.2. The number of methoxy groups -OCH3 is 6. The molecule has 1 heterocycles. The van der Waals surface area contributed by atoms with Crippen LogP contribution in [0.25, 0.3) is 0 Å². The van der Waals surface area contributed by atoms with Gasteiger partial charge in [-0.25, -0.2) is 0 Å². The van der Waals surface area contributed by atoms with Gasteiger partial charge in [-0.15, -0.1) is 0 Å². The van der Waals surface area contributed by atoms with Crippen LogP contribution in [-0.4, -0.2) is 127 Å². The Balaban J connectivity index is 1.41. The third kappa shape index (κ3) is 8.34. The van der Waals surface area contributed by atoms with Crippen molar-refractivity contribution in [3.8, 4) is 46.0 Å². The predicted molar refractivity (Wildman–Crippen MR) is 148 cm³/mol. The van der Waals surface area contributed by atoms with Crippen LogP contribution in [0.15, 0.2) is 24.3 Å². The maximum Gasteiger partial charge on any atom is 0.203 e. The number of rotatable bonds is 16. The van der Waals surface area contributed by atoms with Crippen molar-refractivity contribution in [3.05, 3.63) is 24.3 Å². The Kier molecular flexibility index (Phi) is 12.1. The number of β-amino-alcohol motifs (C(OH)–C–C–N with tert-alkyl or cyclic N) is 2. The third-order valence-electron chi connectivity index (χ3n) is 6.56. The molecule has 2 aromatic rings. The van der Waals surface area contributed by atoms with E-state index in [9.17, 15) is 10.2 Å². The van der Waals surface area contributed by atoms with Crippen molar-refractivity contribution in [1.29, 1.82) is 0 Å². The molecule has 3 rings (SSSR count). The predicted octanol–water partition coefficient (Wildman–Crippen LogP) is 1.54. The van der Waals surface area contributed by atoms with Crippen molar-refractivity contribution in [3.63, 3.8) is 0 Å². The molecule has 1 saturated heterocycles. The fourth-order valence-corrected chi connectivity index (χ4v) is 4.52. The summed E-state index contributed by atoms with van der Waals surface area (Å²) in [5, 5.41) is 21.1. The van der Waals surface area contributed by atoms with Crippen molar-refractivity contribution >= 4 is 0 Å². The van der Waals surface area contributed by atoms with E-state index in [1.165, 1.54) is 42.7 Å². The molecular formula is C28H42N2O10. The number of ether oxygens (including phenoxy) is 8. The van der Waals surface area contributed by atoms with E-state index in [0.717, 1.165) is 26.2 Å². The second-order valence-electron chi connectivity index (χ2n) is 9.25. The minimum atomic E-state index is -0.678. The van der Waals surface area contributed by atoms with Crippen LogP contribution >= 0.6 is 0 Å². The van der Waals surface area contributed by atoms with E-state index in [2.05, 4.69) is 9.80 Å². The fraction of sp³-hybridized carbons (Fsp3) is 0.571. The molecule has 0 spiro atoms. The Morgan fingerprint density at radius 3 is 1.10 bits per heavy atom. The monoisotopic (exact) mass is 566 g/mol. The molecule has 12 heteroatoms. The van der Waals surface area contributed by atoms with E-state index in [1.54, 1.807) is 24.3 Å². The number of nitrogens with zero attached hydrogens (tertiary/aromatic N) is 2. The molecule has 2 unspecified atom stereocenters. The molecule has 0 radical (unpaired) electrons. The quantitative estimate of drug-likeness (QED) is 0.307. The number of aliphatic hydroxyl groups is 2. The van der Waals surface area contributed by atoms with Crippen LogP contribution in [0.5, 0.6) is 46.0 Å². The Bertz CT molecular complexity index is 928. The molecule has 1 aliphatic rings. The highest BCUT2D eigenvalue weighted by Crippen LogP contribution is 2.41. The maximum absolute atomic E-state index is 10.6. The lowest BCUT2D eigenvalue weighted by Gasteiger charge is -2.36. The first-order chi connectivity index (χ1) is 19.3. The van der Waals surface area contributed by atoms with Crippen LogP contribution in [0.3, 0.4) is 0 Å². The Morgan fingerprint density at radius 2 is 0.850 bits per heavy atom. The van der Waals surface area contributed by atoms with E-state index >= 15 is 0 Å². The first-order valence-electron chi connectivity index (χ1n) is 13.0. The lowest BCUT2D eigenvalue weighted by Crippen LogP contribution is -2.51. The van der Waals surface area contributed by atoms with E-state index in [-0.39, 0.29) is 13.2 Å². The van der Waals surface area contributed by atoms with Gasteiger partial charge >= 0.3 is 0 Å². The van der Waals surface area contributed by atoms with Crippen LogP contribution in [0.1, 0.15) is 0 Å². The summed E-state index contributed by atoms with van der Waals surface area (Å²) in [6.07, 6.45) is -1.36. The van der Waals surface area contributed by atoms with E-state index in [1.807, 2.05) is 0 Å². The molecule has 224 valence electrons. The maximum atomic E-state index is 10.6. The molecule has 0 saturated carbocycles. The number of piperazine rings is 1. The largest absolute Gasteiger partial charge is 0.493 e. The van der Waals surface area contributed by atoms with Gasteiger partial charge in [0.25, 0.3) is 0 Å².